The number of benzene rings is 2. The molecule has 6 nitrogen and oxygen atoms in total. The Kier molecular flexibility index (Phi) is 7.03. The molecule has 138 valence electrons. The molecule has 0 bridgehead atoms. The number of nitrogens with one attached hydrogen (secondary N) is 1. The summed E-state index contributed by atoms with van der Waals surface area (Å²) in [6, 6.07) is 12.4. The van der Waals surface area contributed by atoms with Gasteiger partial charge in [0.1, 0.15) is 16.0 Å². The number of hydrogen-bond acceptors (Lipinski definition) is 5. The number of rotatable bonds is 7. The summed E-state index contributed by atoms with van der Waals surface area (Å²) in [6.07, 6.45) is 0. The van der Waals surface area contributed by atoms with Crippen molar-refractivity contribution in [3.8, 4) is 11.5 Å². The predicted molar refractivity (Wildman–Crippen MR) is 101 cm³/mol. The lowest BCUT2D eigenvalue weighted by molar-refractivity contribution is -0.124. The van der Waals surface area contributed by atoms with Gasteiger partial charge in [-0.3, -0.25) is 4.79 Å². The second-order valence-corrected chi connectivity index (χ2v) is 6.26. The lowest BCUT2D eigenvalue weighted by atomic mass is 10.1. The zero-order chi connectivity index (χ0) is 19.1. The Morgan fingerprint density at radius 3 is 2.19 bits per heavy atom. The van der Waals surface area contributed by atoms with E-state index < -0.39 is 5.97 Å². The Bertz CT molecular complexity index is 754. The summed E-state index contributed by atoms with van der Waals surface area (Å²) in [7, 11) is 2.96. The lowest BCUT2D eigenvalue weighted by Crippen LogP contribution is -2.31. The maximum absolute atomic E-state index is 12.2. The molecule has 0 heterocycles. The smallest absolute Gasteiger partial charge is 0.338 e. The molecule has 2 rings (SSSR count). The van der Waals surface area contributed by atoms with Crippen molar-refractivity contribution in [2.75, 3.05) is 20.8 Å². The topological polar surface area (TPSA) is 73.9 Å². The highest BCUT2D eigenvalue weighted by Gasteiger charge is 2.17. The van der Waals surface area contributed by atoms with Crippen LogP contribution in [-0.2, 0) is 9.53 Å². The second kappa shape index (κ2) is 9.24. The second-order valence-electron chi connectivity index (χ2n) is 5.47. The van der Waals surface area contributed by atoms with Gasteiger partial charge in [0.25, 0.3) is 5.91 Å². The summed E-state index contributed by atoms with van der Waals surface area (Å²) in [6.45, 7) is 1.48. The van der Waals surface area contributed by atoms with E-state index in [1.165, 1.54) is 26.4 Å². The van der Waals surface area contributed by atoms with Gasteiger partial charge in [0, 0.05) is 0 Å². The summed E-state index contributed by atoms with van der Waals surface area (Å²) >= 11 is 3.33. The maximum Gasteiger partial charge on any atom is 0.338 e. The van der Waals surface area contributed by atoms with Crippen LogP contribution in [0.2, 0.25) is 0 Å². The molecular formula is C19H20BrNO5. The summed E-state index contributed by atoms with van der Waals surface area (Å²) in [4.78, 5) is 24.2. The fourth-order valence-corrected chi connectivity index (χ4v) is 2.86. The van der Waals surface area contributed by atoms with Gasteiger partial charge in [0.15, 0.2) is 6.61 Å². The number of methoxy groups -OCH3 is 2. The monoisotopic (exact) mass is 421 g/mol. The van der Waals surface area contributed by atoms with Crippen LogP contribution in [0.25, 0.3) is 0 Å². The average Bonchev–Trinajstić information content (AvgIpc) is 2.66. The molecule has 2 aromatic rings. The van der Waals surface area contributed by atoms with Crippen molar-refractivity contribution >= 4 is 27.8 Å². The fourth-order valence-electron chi connectivity index (χ4n) is 2.31. The Balaban J connectivity index is 1.97. The molecule has 1 N–H and O–H groups in total. The Hall–Kier alpha value is -2.54. The standard InChI is InChI=1S/C19H20BrNO5/c1-12(13-7-5-4-6-8-13)21-17(22)11-26-19(23)14-9-15(24-2)18(20)16(10-14)25-3/h4-10,12H,11H2,1-3H3,(H,21,22). The van der Waals surface area contributed by atoms with Gasteiger partial charge in [0.2, 0.25) is 0 Å². The van der Waals surface area contributed by atoms with E-state index in [0.717, 1.165) is 5.56 Å². The van der Waals surface area contributed by atoms with Crippen LogP contribution in [0.4, 0.5) is 0 Å². The van der Waals surface area contributed by atoms with Gasteiger partial charge < -0.3 is 19.5 Å². The van der Waals surface area contributed by atoms with E-state index in [1.807, 2.05) is 37.3 Å². The molecule has 26 heavy (non-hydrogen) atoms. The Morgan fingerprint density at radius 1 is 1.08 bits per heavy atom. The lowest BCUT2D eigenvalue weighted by Gasteiger charge is -2.15. The molecule has 0 radical (unpaired) electrons. The number of ether oxygens (including phenoxy) is 3. The molecule has 2 aromatic carbocycles. The molecule has 0 fully saturated rings. The molecular weight excluding hydrogens is 402 g/mol. The van der Waals surface area contributed by atoms with Crippen molar-refractivity contribution in [2.24, 2.45) is 0 Å². The SMILES string of the molecule is COc1cc(C(=O)OCC(=O)NC(C)c2ccccc2)cc(OC)c1Br. The third-order valence-electron chi connectivity index (χ3n) is 3.69. The van der Waals surface area contributed by atoms with Crippen molar-refractivity contribution in [1.29, 1.82) is 0 Å². The van der Waals surface area contributed by atoms with Crippen LogP contribution < -0.4 is 14.8 Å². The van der Waals surface area contributed by atoms with Gasteiger partial charge >= 0.3 is 5.97 Å². The van der Waals surface area contributed by atoms with E-state index in [0.29, 0.717) is 16.0 Å². The van der Waals surface area contributed by atoms with Crippen LogP contribution in [-0.4, -0.2) is 32.7 Å². The van der Waals surface area contributed by atoms with Gasteiger partial charge in [0.05, 0.1) is 25.8 Å². The number of hydrogen-bond donors (Lipinski definition) is 1. The van der Waals surface area contributed by atoms with Crippen molar-refractivity contribution in [3.05, 3.63) is 58.1 Å². The van der Waals surface area contributed by atoms with E-state index >= 15 is 0 Å². The quantitative estimate of drug-likeness (QED) is 0.692. The third-order valence-corrected chi connectivity index (χ3v) is 4.47. The summed E-state index contributed by atoms with van der Waals surface area (Å²) in [5.74, 6) is -0.167. The van der Waals surface area contributed by atoms with E-state index in [2.05, 4.69) is 21.2 Å². The Labute approximate surface area is 160 Å². The molecule has 7 heteroatoms. The molecule has 1 unspecified atom stereocenters. The van der Waals surface area contributed by atoms with Gasteiger partial charge in [-0.15, -0.1) is 0 Å². The van der Waals surface area contributed by atoms with Crippen LogP contribution >= 0.6 is 15.9 Å². The first-order chi connectivity index (χ1) is 12.5. The zero-order valence-corrected chi connectivity index (χ0v) is 16.3. The molecule has 0 spiro atoms. The molecule has 0 aliphatic rings. The molecule has 1 amide bonds. The summed E-state index contributed by atoms with van der Waals surface area (Å²) < 4.78 is 16.1. The first-order valence-corrected chi connectivity index (χ1v) is 8.68. The minimum absolute atomic E-state index is 0.185. The van der Waals surface area contributed by atoms with E-state index in [-0.39, 0.29) is 24.1 Å². The van der Waals surface area contributed by atoms with Gasteiger partial charge in [-0.1, -0.05) is 30.3 Å². The number of carbonyl (C=O) groups excluding carboxylic acids is 2. The number of halogens is 1. The van der Waals surface area contributed by atoms with Crippen molar-refractivity contribution in [1.82, 2.24) is 5.32 Å². The highest BCUT2D eigenvalue weighted by atomic mass is 79.9. The highest BCUT2D eigenvalue weighted by Crippen LogP contribution is 2.35. The Morgan fingerprint density at radius 2 is 1.65 bits per heavy atom. The largest absolute Gasteiger partial charge is 0.495 e. The fraction of sp³-hybridized carbons (Fsp3) is 0.263. The van der Waals surface area contributed by atoms with Crippen LogP contribution in [0.1, 0.15) is 28.9 Å². The molecule has 0 saturated carbocycles. The van der Waals surface area contributed by atoms with Gasteiger partial charge in [-0.25, -0.2) is 4.79 Å². The minimum Gasteiger partial charge on any atom is -0.495 e. The van der Waals surface area contributed by atoms with Gasteiger partial charge in [-0.05, 0) is 40.5 Å². The predicted octanol–water partition coefficient (Wildman–Crippen LogP) is 3.50. The van der Waals surface area contributed by atoms with Crippen LogP contribution in [0.3, 0.4) is 0 Å². The molecule has 0 aliphatic carbocycles. The average molecular weight is 422 g/mol. The summed E-state index contributed by atoms with van der Waals surface area (Å²) in [5.41, 5.74) is 1.19. The molecule has 0 aliphatic heterocycles. The third kappa shape index (κ3) is 4.98. The minimum atomic E-state index is -0.642. The first kappa shape index (κ1) is 19.8. The number of esters is 1. The molecule has 1 atom stereocenters. The van der Waals surface area contributed by atoms with Gasteiger partial charge in [-0.2, -0.15) is 0 Å². The van der Waals surface area contributed by atoms with Crippen LogP contribution in [0.15, 0.2) is 46.9 Å². The van der Waals surface area contributed by atoms with Crippen LogP contribution in [0, 0.1) is 0 Å². The first-order valence-electron chi connectivity index (χ1n) is 7.89. The van der Waals surface area contributed by atoms with E-state index in [9.17, 15) is 9.59 Å². The zero-order valence-electron chi connectivity index (χ0n) is 14.7. The van der Waals surface area contributed by atoms with Crippen molar-refractivity contribution in [3.63, 3.8) is 0 Å². The molecule has 0 saturated heterocycles. The van der Waals surface area contributed by atoms with Crippen molar-refractivity contribution in [2.45, 2.75) is 13.0 Å². The highest BCUT2D eigenvalue weighted by molar-refractivity contribution is 9.10. The molecule has 0 aromatic heterocycles. The summed E-state index contributed by atoms with van der Waals surface area (Å²) in [5, 5.41) is 2.78. The van der Waals surface area contributed by atoms with E-state index in [4.69, 9.17) is 14.2 Å². The van der Waals surface area contributed by atoms with Crippen LogP contribution in [0.5, 0.6) is 11.5 Å². The van der Waals surface area contributed by atoms with E-state index in [1.54, 1.807) is 0 Å². The van der Waals surface area contributed by atoms with Crippen molar-refractivity contribution < 1.29 is 23.8 Å². The normalized spacial score (nSPS) is 11.4. The number of carbonyl (C=O) groups is 2. The maximum atomic E-state index is 12.2. The number of amides is 1.